The fourth-order valence-electron chi connectivity index (χ4n) is 4.41. The van der Waals surface area contributed by atoms with Gasteiger partial charge in [-0.3, -0.25) is 14.5 Å². The number of nitrogens with zero attached hydrogens (tertiary/aromatic N) is 1. The van der Waals surface area contributed by atoms with Crippen molar-refractivity contribution in [1.82, 2.24) is 0 Å². The Balaban J connectivity index is 2.05. The van der Waals surface area contributed by atoms with E-state index in [1.807, 2.05) is 38.1 Å². The summed E-state index contributed by atoms with van der Waals surface area (Å²) in [7, 11) is 0. The largest absolute Gasteiger partial charge is 0.299 e. The average molecular weight is 305 g/mol. The minimum Gasteiger partial charge on any atom is -0.299 e. The molecule has 3 nitrogen and oxygen atoms in total. The Morgan fingerprint density at radius 1 is 0.913 bits per heavy atom. The first-order valence-corrected chi connectivity index (χ1v) is 7.94. The molecule has 4 rings (SSSR count). The summed E-state index contributed by atoms with van der Waals surface area (Å²) in [6.07, 6.45) is 0.777. The van der Waals surface area contributed by atoms with Crippen LogP contribution in [0.15, 0.2) is 48.5 Å². The fraction of sp³-hybridized carbons (Fsp3) is 0.300. The second-order valence-electron chi connectivity index (χ2n) is 7.36. The lowest BCUT2D eigenvalue weighted by atomic mass is 9.65. The molecular formula is C20H19NO2. The number of hydrogen-bond donors (Lipinski definition) is 0. The van der Waals surface area contributed by atoms with Crippen LogP contribution in [0.4, 0.5) is 5.69 Å². The molecule has 23 heavy (non-hydrogen) atoms. The summed E-state index contributed by atoms with van der Waals surface area (Å²) >= 11 is 0. The molecule has 0 fully saturated rings. The number of Topliss-reactive ketones (excluding diaryl/α,β-unsaturated/α-hetero) is 1. The van der Waals surface area contributed by atoms with Crippen molar-refractivity contribution in [3.8, 4) is 0 Å². The van der Waals surface area contributed by atoms with Gasteiger partial charge in [-0.15, -0.1) is 0 Å². The molecule has 3 heteroatoms. The van der Waals surface area contributed by atoms with E-state index in [2.05, 4.69) is 25.1 Å². The Hall–Kier alpha value is -2.42. The Bertz CT molecular complexity index is 838. The molecule has 2 heterocycles. The van der Waals surface area contributed by atoms with Gasteiger partial charge in [0.15, 0.2) is 0 Å². The summed E-state index contributed by atoms with van der Waals surface area (Å²) in [5, 5.41) is 0. The Labute approximate surface area is 135 Å². The van der Waals surface area contributed by atoms with Crippen LogP contribution in [0.5, 0.6) is 0 Å². The summed E-state index contributed by atoms with van der Waals surface area (Å²) in [6, 6.07) is 16.1. The second kappa shape index (κ2) is 4.31. The van der Waals surface area contributed by atoms with Crippen molar-refractivity contribution in [3.05, 3.63) is 65.2 Å². The summed E-state index contributed by atoms with van der Waals surface area (Å²) in [5.74, 6) is -0.778. The summed E-state index contributed by atoms with van der Waals surface area (Å²) in [4.78, 5) is 26.6. The number of anilines is 1. The zero-order valence-electron chi connectivity index (χ0n) is 13.6. The molecule has 0 aromatic heterocycles. The van der Waals surface area contributed by atoms with E-state index in [1.165, 1.54) is 5.56 Å². The molecule has 2 aromatic rings. The molecule has 2 aromatic carbocycles. The Kier molecular flexibility index (Phi) is 2.66. The Morgan fingerprint density at radius 3 is 2.30 bits per heavy atom. The maximum atomic E-state index is 12.5. The van der Waals surface area contributed by atoms with Crippen LogP contribution in [-0.4, -0.2) is 17.2 Å². The van der Waals surface area contributed by atoms with Gasteiger partial charge in [0.05, 0.1) is 11.3 Å². The first-order valence-electron chi connectivity index (χ1n) is 7.94. The van der Waals surface area contributed by atoms with Gasteiger partial charge in [-0.25, -0.2) is 0 Å². The summed E-state index contributed by atoms with van der Waals surface area (Å²) in [6.45, 7) is 6.30. The van der Waals surface area contributed by atoms with Crippen LogP contribution in [-0.2, 0) is 10.2 Å². The highest BCUT2D eigenvalue weighted by molar-refractivity contribution is 6.52. The predicted octanol–water partition coefficient (Wildman–Crippen LogP) is 3.70. The minimum atomic E-state index is -0.406. The van der Waals surface area contributed by atoms with Crippen molar-refractivity contribution in [1.29, 1.82) is 0 Å². The van der Waals surface area contributed by atoms with Crippen LogP contribution in [0, 0.1) is 0 Å². The highest BCUT2D eigenvalue weighted by Gasteiger charge is 2.53. The van der Waals surface area contributed by atoms with E-state index in [0.29, 0.717) is 5.56 Å². The molecule has 0 saturated heterocycles. The minimum absolute atomic E-state index is 0.225. The third-order valence-electron chi connectivity index (χ3n) is 5.30. The molecule has 0 radical (unpaired) electrons. The standard InChI is InChI=1S/C20H19NO2/c1-19(2)12-20(3,13-8-5-4-6-9-13)15-11-7-10-14-16(15)21(19)18(23)17(14)22/h4-11H,12H2,1-3H3/t20-/m1/s1. The predicted molar refractivity (Wildman–Crippen MR) is 89.9 cm³/mol. The number of para-hydroxylation sites is 1. The number of rotatable bonds is 1. The fourth-order valence-corrected chi connectivity index (χ4v) is 4.41. The number of carbonyl (C=O) groups excluding carboxylic acids is 2. The lowest BCUT2D eigenvalue weighted by molar-refractivity contribution is -0.115. The van der Waals surface area contributed by atoms with Gasteiger partial charge in [0.2, 0.25) is 0 Å². The van der Waals surface area contributed by atoms with Gasteiger partial charge in [0, 0.05) is 11.0 Å². The maximum absolute atomic E-state index is 12.5. The topological polar surface area (TPSA) is 37.4 Å². The SMILES string of the molecule is CC1(C)C[C@](C)(c2ccccc2)c2cccc3c2N1C(=O)C3=O. The summed E-state index contributed by atoms with van der Waals surface area (Å²) in [5.41, 5.74) is 3.01. The van der Waals surface area contributed by atoms with E-state index >= 15 is 0 Å². The first-order chi connectivity index (χ1) is 10.9. The van der Waals surface area contributed by atoms with E-state index < -0.39 is 11.4 Å². The highest BCUT2D eigenvalue weighted by Crippen LogP contribution is 2.53. The van der Waals surface area contributed by atoms with Gasteiger partial charge in [0.1, 0.15) is 0 Å². The van der Waals surface area contributed by atoms with Crippen molar-refractivity contribution >= 4 is 17.4 Å². The van der Waals surface area contributed by atoms with Crippen molar-refractivity contribution in [2.24, 2.45) is 0 Å². The average Bonchev–Trinajstić information content (AvgIpc) is 2.79. The van der Waals surface area contributed by atoms with E-state index in [-0.39, 0.29) is 11.2 Å². The van der Waals surface area contributed by atoms with Gasteiger partial charge in [-0.2, -0.15) is 0 Å². The highest BCUT2D eigenvalue weighted by atomic mass is 16.2. The molecule has 0 unspecified atom stereocenters. The zero-order valence-corrected chi connectivity index (χ0v) is 13.6. The van der Waals surface area contributed by atoms with Gasteiger partial charge in [-0.1, -0.05) is 49.4 Å². The second-order valence-corrected chi connectivity index (χ2v) is 7.36. The van der Waals surface area contributed by atoms with Crippen LogP contribution in [0.1, 0.15) is 48.7 Å². The lowest BCUT2D eigenvalue weighted by Crippen LogP contribution is -2.54. The molecule has 0 bridgehead atoms. The number of benzene rings is 2. The van der Waals surface area contributed by atoms with Gasteiger partial charge in [0.25, 0.3) is 11.7 Å². The third kappa shape index (κ3) is 1.70. The van der Waals surface area contributed by atoms with E-state index in [4.69, 9.17) is 0 Å². The lowest BCUT2D eigenvalue weighted by Gasteiger charge is -2.49. The molecule has 1 amide bonds. The number of hydrogen-bond acceptors (Lipinski definition) is 2. The van der Waals surface area contributed by atoms with Gasteiger partial charge < -0.3 is 0 Å². The third-order valence-corrected chi connectivity index (χ3v) is 5.30. The molecule has 0 N–H and O–H groups in total. The molecule has 1 atom stereocenters. The van der Waals surface area contributed by atoms with Crippen LogP contribution in [0.3, 0.4) is 0 Å². The van der Waals surface area contributed by atoms with E-state index in [0.717, 1.165) is 17.7 Å². The van der Waals surface area contributed by atoms with Crippen molar-refractivity contribution in [2.75, 3.05) is 4.90 Å². The molecule has 116 valence electrons. The smallest absolute Gasteiger partial charge is 0.299 e. The molecule has 0 aliphatic carbocycles. The molecule has 0 saturated carbocycles. The molecule has 0 spiro atoms. The van der Waals surface area contributed by atoms with Gasteiger partial charge in [-0.05, 0) is 37.5 Å². The molecule has 2 aliphatic rings. The van der Waals surface area contributed by atoms with Crippen LogP contribution >= 0.6 is 0 Å². The van der Waals surface area contributed by atoms with E-state index in [9.17, 15) is 9.59 Å². The number of carbonyl (C=O) groups is 2. The van der Waals surface area contributed by atoms with Gasteiger partial charge >= 0.3 is 0 Å². The van der Waals surface area contributed by atoms with Crippen molar-refractivity contribution in [2.45, 2.75) is 38.1 Å². The van der Waals surface area contributed by atoms with Crippen molar-refractivity contribution in [3.63, 3.8) is 0 Å². The number of amides is 1. The normalized spacial score (nSPS) is 24.7. The van der Waals surface area contributed by atoms with Crippen LogP contribution in [0.2, 0.25) is 0 Å². The first kappa shape index (κ1) is 14.2. The van der Waals surface area contributed by atoms with Crippen LogP contribution < -0.4 is 4.90 Å². The van der Waals surface area contributed by atoms with Crippen LogP contribution in [0.25, 0.3) is 0 Å². The molecular weight excluding hydrogens is 286 g/mol. The number of ketones is 1. The zero-order chi connectivity index (χ0) is 16.4. The summed E-state index contributed by atoms with van der Waals surface area (Å²) < 4.78 is 0. The Morgan fingerprint density at radius 2 is 1.61 bits per heavy atom. The monoisotopic (exact) mass is 305 g/mol. The maximum Gasteiger partial charge on any atom is 0.299 e. The quantitative estimate of drug-likeness (QED) is 0.753. The molecule has 2 aliphatic heterocycles. The van der Waals surface area contributed by atoms with Crippen molar-refractivity contribution < 1.29 is 9.59 Å². The van der Waals surface area contributed by atoms with E-state index in [1.54, 1.807) is 11.0 Å².